The largest absolute Gasteiger partial charge is 0.491 e. The van der Waals surface area contributed by atoms with E-state index in [4.69, 9.17) is 14.6 Å². The van der Waals surface area contributed by atoms with Gasteiger partial charge in [-0.05, 0) is 24.6 Å². The number of ether oxygens (including phenoxy) is 2. The van der Waals surface area contributed by atoms with Crippen LogP contribution < -0.4 is 4.74 Å². The van der Waals surface area contributed by atoms with Crippen LogP contribution in [-0.2, 0) is 11.3 Å². The third-order valence-corrected chi connectivity index (χ3v) is 2.04. The molecule has 1 rings (SSSR count). The summed E-state index contributed by atoms with van der Waals surface area (Å²) >= 11 is 0. The van der Waals surface area contributed by atoms with E-state index in [-0.39, 0.29) is 19.8 Å². The minimum atomic E-state index is -0.627. The van der Waals surface area contributed by atoms with E-state index in [0.717, 1.165) is 5.56 Å². The predicted molar refractivity (Wildman–Crippen MR) is 60.4 cm³/mol. The Morgan fingerprint density at radius 2 is 2.12 bits per heavy atom. The summed E-state index contributed by atoms with van der Waals surface area (Å²) in [6, 6.07) is 7.14. The molecule has 16 heavy (non-hydrogen) atoms. The van der Waals surface area contributed by atoms with Gasteiger partial charge in [-0.25, -0.2) is 0 Å². The van der Waals surface area contributed by atoms with Gasteiger partial charge in [-0.15, -0.1) is 0 Å². The van der Waals surface area contributed by atoms with E-state index in [0.29, 0.717) is 12.4 Å². The number of hydrogen-bond acceptors (Lipinski definition) is 4. The van der Waals surface area contributed by atoms with E-state index in [1.807, 2.05) is 13.0 Å². The molecule has 4 heteroatoms. The summed E-state index contributed by atoms with van der Waals surface area (Å²) in [4.78, 5) is 0. The van der Waals surface area contributed by atoms with Crippen LogP contribution in [0.15, 0.2) is 24.3 Å². The number of hydrogen-bond donors (Lipinski definition) is 2. The fraction of sp³-hybridized carbons (Fsp3) is 0.500. The highest BCUT2D eigenvalue weighted by molar-refractivity contribution is 5.27. The Morgan fingerprint density at radius 3 is 2.81 bits per heavy atom. The average Bonchev–Trinajstić information content (AvgIpc) is 2.34. The molecule has 4 nitrogen and oxygen atoms in total. The number of aliphatic hydroxyl groups is 2. The highest BCUT2D eigenvalue weighted by Crippen LogP contribution is 2.13. The predicted octanol–water partition coefficient (Wildman–Crippen LogP) is 0.955. The van der Waals surface area contributed by atoms with E-state index in [9.17, 15) is 5.11 Å². The normalized spacial score (nSPS) is 12.4. The van der Waals surface area contributed by atoms with Crippen molar-refractivity contribution < 1.29 is 19.7 Å². The quantitative estimate of drug-likeness (QED) is 0.727. The standard InChI is InChI=1S/C12H18O4/c1-2-15-8-11(14)9-16-12-5-3-4-10(6-12)7-13/h3-6,11,13-14H,2,7-9H2,1H3. The van der Waals surface area contributed by atoms with Crippen molar-refractivity contribution in [3.05, 3.63) is 29.8 Å². The van der Waals surface area contributed by atoms with Crippen LogP contribution in [0.1, 0.15) is 12.5 Å². The van der Waals surface area contributed by atoms with Gasteiger partial charge < -0.3 is 19.7 Å². The van der Waals surface area contributed by atoms with Crippen molar-refractivity contribution in [3.8, 4) is 5.75 Å². The van der Waals surface area contributed by atoms with E-state index >= 15 is 0 Å². The molecule has 1 aromatic carbocycles. The van der Waals surface area contributed by atoms with Crippen LogP contribution in [0.25, 0.3) is 0 Å². The minimum Gasteiger partial charge on any atom is -0.491 e. The van der Waals surface area contributed by atoms with Gasteiger partial charge in [-0.1, -0.05) is 12.1 Å². The number of rotatable bonds is 7. The zero-order valence-corrected chi connectivity index (χ0v) is 9.43. The second-order valence-corrected chi connectivity index (χ2v) is 3.43. The Morgan fingerprint density at radius 1 is 1.31 bits per heavy atom. The van der Waals surface area contributed by atoms with Crippen LogP contribution in [0.4, 0.5) is 0 Å². The monoisotopic (exact) mass is 226 g/mol. The lowest BCUT2D eigenvalue weighted by Gasteiger charge is -2.12. The van der Waals surface area contributed by atoms with E-state index in [1.54, 1.807) is 18.2 Å². The van der Waals surface area contributed by atoms with Crippen LogP contribution in [0.3, 0.4) is 0 Å². The van der Waals surface area contributed by atoms with E-state index in [2.05, 4.69) is 0 Å². The highest BCUT2D eigenvalue weighted by Gasteiger charge is 2.05. The SMILES string of the molecule is CCOCC(O)COc1cccc(CO)c1. The van der Waals surface area contributed by atoms with Crippen LogP contribution >= 0.6 is 0 Å². The molecule has 1 aromatic rings. The van der Waals surface area contributed by atoms with Crippen molar-refractivity contribution in [2.75, 3.05) is 19.8 Å². The van der Waals surface area contributed by atoms with Gasteiger partial charge in [0.1, 0.15) is 18.5 Å². The van der Waals surface area contributed by atoms with Crippen molar-refractivity contribution in [3.63, 3.8) is 0 Å². The Balaban J connectivity index is 2.35. The molecule has 0 bridgehead atoms. The van der Waals surface area contributed by atoms with Crippen molar-refractivity contribution in [1.82, 2.24) is 0 Å². The summed E-state index contributed by atoms with van der Waals surface area (Å²) in [5.74, 6) is 0.641. The molecular weight excluding hydrogens is 208 g/mol. The van der Waals surface area contributed by atoms with Crippen molar-refractivity contribution >= 4 is 0 Å². The second kappa shape index (κ2) is 7.22. The second-order valence-electron chi connectivity index (χ2n) is 3.43. The molecule has 0 aliphatic carbocycles. The topological polar surface area (TPSA) is 58.9 Å². The fourth-order valence-electron chi connectivity index (χ4n) is 1.23. The molecule has 0 spiro atoms. The minimum absolute atomic E-state index is 0.0152. The van der Waals surface area contributed by atoms with Crippen molar-refractivity contribution in [2.45, 2.75) is 19.6 Å². The van der Waals surface area contributed by atoms with Gasteiger partial charge in [0.05, 0.1) is 13.2 Å². The van der Waals surface area contributed by atoms with Crippen LogP contribution in [0, 0.1) is 0 Å². The van der Waals surface area contributed by atoms with Gasteiger partial charge in [0.15, 0.2) is 0 Å². The lowest BCUT2D eigenvalue weighted by molar-refractivity contribution is 0.0164. The average molecular weight is 226 g/mol. The summed E-state index contributed by atoms with van der Waals surface area (Å²) in [5, 5.41) is 18.4. The summed E-state index contributed by atoms with van der Waals surface area (Å²) < 4.78 is 10.4. The molecule has 0 heterocycles. The van der Waals surface area contributed by atoms with Crippen LogP contribution in [0.2, 0.25) is 0 Å². The molecule has 0 fully saturated rings. The molecule has 2 N–H and O–H groups in total. The Kier molecular flexibility index (Phi) is 5.85. The first-order chi connectivity index (χ1) is 7.76. The fourth-order valence-corrected chi connectivity index (χ4v) is 1.23. The van der Waals surface area contributed by atoms with Gasteiger partial charge in [0.2, 0.25) is 0 Å². The van der Waals surface area contributed by atoms with Gasteiger partial charge in [0, 0.05) is 6.61 Å². The van der Waals surface area contributed by atoms with Gasteiger partial charge in [0.25, 0.3) is 0 Å². The smallest absolute Gasteiger partial charge is 0.119 e. The van der Waals surface area contributed by atoms with Crippen molar-refractivity contribution in [2.24, 2.45) is 0 Å². The number of aliphatic hydroxyl groups excluding tert-OH is 2. The lowest BCUT2D eigenvalue weighted by Crippen LogP contribution is -2.23. The van der Waals surface area contributed by atoms with Gasteiger partial charge in [-0.2, -0.15) is 0 Å². The zero-order chi connectivity index (χ0) is 11.8. The molecule has 0 amide bonds. The van der Waals surface area contributed by atoms with E-state index < -0.39 is 6.10 Å². The first-order valence-electron chi connectivity index (χ1n) is 5.34. The maximum Gasteiger partial charge on any atom is 0.119 e. The summed E-state index contributed by atoms with van der Waals surface area (Å²) in [6.45, 7) is 2.90. The molecule has 0 aromatic heterocycles. The first-order valence-corrected chi connectivity index (χ1v) is 5.34. The van der Waals surface area contributed by atoms with Gasteiger partial charge >= 0.3 is 0 Å². The Bertz CT molecular complexity index is 301. The van der Waals surface area contributed by atoms with Gasteiger partial charge in [-0.3, -0.25) is 0 Å². The molecule has 0 aliphatic heterocycles. The molecule has 0 radical (unpaired) electrons. The molecule has 90 valence electrons. The summed E-state index contributed by atoms with van der Waals surface area (Å²) in [6.07, 6.45) is -0.627. The lowest BCUT2D eigenvalue weighted by atomic mass is 10.2. The Labute approximate surface area is 95.4 Å². The third kappa shape index (κ3) is 4.61. The van der Waals surface area contributed by atoms with Crippen LogP contribution in [-0.4, -0.2) is 36.1 Å². The first kappa shape index (κ1) is 13.0. The summed E-state index contributed by atoms with van der Waals surface area (Å²) in [7, 11) is 0. The van der Waals surface area contributed by atoms with E-state index in [1.165, 1.54) is 0 Å². The highest BCUT2D eigenvalue weighted by atomic mass is 16.5. The molecule has 0 aliphatic rings. The third-order valence-electron chi connectivity index (χ3n) is 2.04. The molecular formula is C12H18O4. The maximum atomic E-state index is 9.47. The molecule has 1 unspecified atom stereocenters. The zero-order valence-electron chi connectivity index (χ0n) is 9.43. The molecule has 0 saturated heterocycles. The maximum absolute atomic E-state index is 9.47. The van der Waals surface area contributed by atoms with Crippen molar-refractivity contribution in [1.29, 1.82) is 0 Å². The Hall–Kier alpha value is -1.10. The summed E-state index contributed by atoms with van der Waals surface area (Å²) in [5.41, 5.74) is 0.789. The molecule has 1 atom stereocenters. The molecule has 0 saturated carbocycles. The van der Waals surface area contributed by atoms with Crippen LogP contribution in [0.5, 0.6) is 5.75 Å². The number of benzene rings is 1.